The number of unbranched alkanes of at least 4 members (excludes halogenated alkanes) is 2. The topological polar surface area (TPSA) is 306 Å². The number of carbonyl (C=O) groups excluding carboxylic acids is 3. The first-order valence-corrected chi connectivity index (χ1v) is 29.0. The van der Waals surface area contributed by atoms with Crippen molar-refractivity contribution in [2.45, 2.75) is 103 Å². The maximum atomic E-state index is 12.8. The number of nitrogens with zero attached hydrogens (tertiary/aromatic N) is 3. The molecule has 2 atom stereocenters. The van der Waals surface area contributed by atoms with E-state index in [1.807, 2.05) is 42.4 Å². The van der Waals surface area contributed by atoms with Crippen molar-refractivity contribution in [3.63, 3.8) is 0 Å². The number of methoxy groups -OCH3 is 2. The number of hydrogen-bond acceptors (Lipinski definition) is 15. The van der Waals surface area contributed by atoms with Crippen molar-refractivity contribution in [3.05, 3.63) is 95.7 Å². The number of rotatable bonds is 21. The van der Waals surface area contributed by atoms with E-state index < -0.39 is 88.7 Å². The average Bonchev–Trinajstić information content (AvgIpc) is 3.86. The third-order valence-corrected chi connectivity index (χ3v) is 17.2. The molecular formula is C49H56N3O18S4+. The molecule has 21 nitrogen and oxygen atoms in total. The van der Waals surface area contributed by atoms with Crippen LogP contribution in [0.25, 0.3) is 21.5 Å². The molecule has 0 saturated carbocycles. The molecule has 398 valence electrons. The number of carbonyl (C=O) groups is 3. The molecule has 0 spiro atoms. The summed E-state index contributed by atoms with van der Waals surface area (Å²) < 4.78 is 155. The second-order valence-electron chi connectivity index (χ2n) is 18.4. The van der Waals surface area contributed by atoms with Gasteiger partial charge in [0.05, 0.1) is 15.2 Å². The molecule has 0 radical (unpaired) electrons. The molecule has 2 amide bonds. The van der Waals surface area contributed by atoms with Gasteiger partial charge in [-0.15, -0.1) is 5.06 Å². The van der Waals surface area contributed by atoms with Crippen molar-refractivity contribution in [1.82, 2.24) is 5.06 Å². The van der Waals surface area contributed by atoms with E-state index in [0.717, 1.165) is 6.07 Å². The summed E-state index contributed by atoms with van der Waals surface area (Å²) in [6.07, 6.45) is 10.5. The Labute approximate surface area is 428 Å². The fourth-order valence-electron chi connectivity index (χ4n) is 10.3. The first kappa shape index (κ1) is 56.0. The Morgan fingerprint density at radius 2 is 1.22 bits per heavy atom. The lowest BCUT2D eigenvalue weighted by Crippen LogP contribution is -2.32. The predicted molar refractivity (Wildman–Crippen MR) is 270 cm³/mol. The van der Waals surface area contributed by atoms with Crippen LogP contribution in [0.4, 0.5) is 11.4 Å². The summed E-state index contributed by atoms with van der Waals surface area (Å²) in [7, 11) is -17.0. The van der Waals surface area contributed by atoms with Crippen LogP contribution in [0, 0.1) is 0 Å². The molecule has 3 heterocycles. The Hall–Kier alpha value is -5.74. The third-order valence-electron chi connectivity index (χ3n) is 13.8. The summed E-state index contributed by atoms with van der Waals surface area (Å²) in [5.74, 6) is -1.96. The van der Waals surface area contributed by atoms with Crippen LogP contribution < -0.4 is 4.90 Å². The molecule has 7 rings (SSSR count). The Bertz CT molecular complexity index is 3570. The van der Waals surface area contributed by atoms with E-state index in [9.17, 15) is 66.3 Å². The van der Waals surface area contributed by atoms with Gasteiger partial charge in [0.2, 0.25) is 5.69 Å². The normalized spacial score (nSPS) is 20.1. The number of fused-ring (bicyclic) bond motifs is 6. The Kier molecular flexibility index (Phi) is 16.0. The zero-order chi connectivity index (χ0) is 54.3. The Balaban J connectivity index is 1.31. The van der Waals surface area contributed by atoms with Crippen LogP contribution in [0.15, 0.2) is 104 Å². The Morgan fingerprint density at radius 1 is 0.676 bits per heavy atom. The Morgan fingerprint density at radius 3 is 1.74 bits per heavy atom. The van der Waals surface area contributed by atoms with E-state index in [1.165, 1.54) is 32.4 Å². The van der Waals surface area contributed by atoms with Crippen molar-refractivity contribution in [1.29, 1.82) is 0 Å². The van der Waals surface area contributed by atoms with Crippen molar-refractivity contribution in [3.8, 4) is 0 Å². The quantitative estimate of drug-likeness (QED) is 0.0231. The van der Waals surface area contributed by atoms with E-state index in [-0.39, 0.29) is 60.4 Å². The minimum absolute atomic E-state index is 0.0155. The fraction of sp³-hybridized carbons (Fsp3) is 0.388. The molecule has 74 heavy (non-hydrogen) atoms. The number of ether oxygens (including phenoxy) is 2. The molecule has 0 bridgehead atoms. The van der Waals surface area contributed by atoms with Crippen LogP contribution in [-0.4, -0.2) is 126 Å². The maximum absolute atomic E-state index is 12.8. The first-order valence-electron chi connectivity index (χ1n) is 23.3. The lowest BCUT2D eigenvalue weighted by molar-refractivity contribution is -0.433. The SMILES string of the molecule is CC[N+]1=C(/C=C/C=C/C=C2/N(CCCCCC(=O)ON3C(=O)CCC3=O)c3ccc4c(S(=O)(=O)O)cc(S(=O)(=O)O)cc4c3C2(C)CCOC)C(C)(CCOC)c2c1ccc1c(S(=O)(=O)O)cc(S(=O)(=O)O)cc21. The van der Waals surface area contributed by atoms with E-state index in [0.29, 0.717) is 89.9 Å². The van der Waals surface area contributed by atoms with Crippen molar-refractivity contribution >= 4 is 96.9 Å². The molecule has 4 N–H and O–H groups in total. The molecule has 2 unspecified atom stereocenters. The molecule has 4 aromatic rings. The molecule has 25 heteroatoms. The number of amides is 2. The van der Waals surface area contributed by atoms with Crippen LogP contribution in [0.3, 0.4) is 0 Å². The van der Waals surface area contributed by atoms with Gasteiger partial charge in [-0.05, 0) is 105 Å². The first-order chi connectivity index (χ1) is 34.6. The van der Waals surface area contributed by atoms with E-state index in [4.69, 9.17) is 14.3 Å². The van der Waals surface area contributed by atoms with Crippen molar-refractivity contribution in [2.75, 3.05) is 45.4 Å². The average molecular weight is 1100 g/mol. The number of benzene rings is 4. The number of hydrogen-bond donors (Lipinski definition) is 4. The van der Waals surface area contributed by atoms with Crippen LogP contribution in [0.1, 0.15) is 83.3 Å². The molecule has 1 saturated heterocycles. The van der Waals surface area contributed by atoms with E-state index in [2.05, 4.69) is 0 Å². The van der Waals surface area contributed by atoms with E-state index in [1.54, 1.807) is 30.4 Å². The number of anilines is 1. The lowest BCUT2D eigenvalue weighted by atomic mass is 9.75. The van der Waals surface area contributed by atoms with Crippen molar-refractivity contribution in [2.24, 2.45) is 0 Å². The molecular weight excluding hydrogens is 1050 g/mol. The molecule has 1 fully saturated rings. The number of imide groups is 1. The highest BCUT2D eigenvalue weighted by atomic mass is 32.2. The summed E-state index contributed by atoms with van der Waals surface area (Å²) >= 11 is 0. The highest BCUT2D eigenvalue weighted by Crippen LogP contribution is 2.54. The van der Waals surface area contributed by atoms with Gasteiger partial charge < -0.3 is 19.2 Å². The largest absolute Gasteiger partial charge is 0.385 e. The molecule has 4 aromatic carbocycles. The highest BCUT2D eigenvalue weighted by molar-refractivity contribution is 7.87. The zero-order valence-corrected chi connectivity index (χ0v) is 44.2. The van der Waals surface area contributed by atoms with Crippen LogP contribution >= 0.6 is 0 Å². The summed E-state index contributed by atoms with van der Waals surface area (Å²) in [6.45, 7) is 6.70. The van der Waals surface area contributed by atoms with Crippen LogP contribution in [0.2, 0.25) is 0 Å². The summed E-state index contributed by atoms with van der Waals surface area (Å²) in [5.41, 5.74) is 1.45. The zero-order valence-electron chi connectivity index (χ0n) is 41.0. The maximum Gasteiger partial charge on any atom is 0.333 e. The third kappa shape index (κ3) is 10.9. The number of allylic oxidation sites excluding steroid dienone is 6. The minimum Gasteiger partial charge on any atom is -0.385 e. The smallest absolute Gasteiger partial charge is 0.333 e. The molecule has 3 aliphatic heterocycles. The molecule has 0 aliphatic carbocycles. The summed E-state index contributed by atoms with van der Waals surface area (Å²) in [4.78, 5) is 40.6. The van der Waals surface area contributed by atoms with Gasteiger partial charge in [-0.3, -0.25) is 27.8 Å². The second kappa shape index (κ2) is 21.1. The predicted octanol–water partition coefficient (Wildman–Crippen LogP) is 6.37. The molecule has 3 aliphatic rings. The van der Waals surface area contributed by atoms with Gasteiger partial charge in [0.25, 0.3) is 52.3 Å². The summed E-state index contributed by atoms with van der Waals surface area (Å²) in [5, 5.41) is 0.773. The lowest BCUT2D eigenvalue weighted by Gasteiger charge is -2.30. The van der Waals surface area contributed by atoms with Crippen LogP contribution in [0.5, 0.6) is 0 Å². The van der Waals surface area contributed by atoms with Crippen molar-refractivity contribution < 1.29 is 85.2 Å². The summed E-state index contributed by atoms with van der Waals surface area (Å²) in [6, 6.07) is 9.92. The fourth-order valence-corrected chi connectivity index (χ4v) is 13.0. The van der Waals surface area contributed by atoms with E-state index >= 15 is 0 Å². The van der Waals surface area contributed by atoms with Gasteiger partial charge in [0, 0.05) is 98.5 Å². The van der Waals surface area contributed by atoms with Gasteiger partial charge >= 0.3 is 5.97 Å². The van der Waals surface area contributed by atoms with Gasteiger partial charge in [-0.25, -0.2) is 4.79 Å². The van der Waals surface area contributed by atoms with Gasteiger partial charge in [-0.2, -0.15) is 38.2 Å². The van der Waals surface area contributed by atoms with Gasteiger partial charge in [-0.1, -0.05) is 30.7 Å². The second-order valence-corrected chi connectivity index (χ2v) is 24.1. The minimum atomic E-state index is -5.05. The number of hydroxylamine groups is 2. The monoisotopic (exact) mass is 1100 g/mol. The van der Waals surface area contributed by atoms with Gasteiger partial charge in [0.15, 0.2) is 5.71 Å². The highest BCUT2D eigenvalue weighted by Gasteiger charge is 2.49. The van der Waals surface area contributed by atoms with Gasteiger partial charge in [0.1, 0.15) is 16.3 Å². The molecule has 0 aromatic heterocycles. The standard InChI is InChI=1S/C49H55N3O18S4/c1-6-50-37-18-16-33-35(27-31(71(56,57)58)29-39(33)73(62,63)64)46(37)48(2,22-25-68-4)41(50)13-9-7-10-14-42-49(3,23-26-69-5)47-36-28-32(72(59,60)61)30-40(74(65,66)67)34(36)17-19-38(47)51(42)24-12-8-11-15-45(55)70-52-43(53)20-21-44(52)54/h7,9-10,13-14,16-19,27-30H,6,8,11-12,15,20-26H2,1-5H3,(H3-,56,57,58,59,60,61,62,63,64,65,66,67)/p+1. The van der Waals surface area contributed by atoms with Crippen LogP contribution in [-0.2, 0) is 80.0 Å².